The number of aryl methyl sites for hydroxylation is 2. The van der Waals surface area contributed by atoms with Crippen LogP contribution in [-0.2, 0) is 19.4 Å². The number of thiophene rings is 1. The number of pyridine rings is 1. The molecule has 2 aromatic heterocycles. The molecule has 0 aromatic carbocycles. The lowest BCUT2D eigenvalue weighted by molar-refractivity contribution is 0.0633. The van der Waals surface area contributed by atoms with Crippen LogP contribution in [0.4, 0.5) is 0 Å². The fourth-order valence-corrected chi connectivity index (χ4v) is 4.64. The molecule has 0 N–H and O–H groups in total. The number of carbonyl (C=O) groups excluding carboxylic acids is 1. The third kappa shape index (κ3) is 4.47. The van der Waals surface area contributed by atoms with Gasteiger partial charge in [-0.2, -0.15) is 0 Å². The lowest BCUT2D eigenvalue weighted by Gasteiger charge is -2.34. The molecule has 3 rings (SSSR count). The van der Waals surface area contributed by atoms with E-state index in [9.17, 15) is 4.79 Å². The van der Waals surface area contributed by atoms with Crippen molar-refractivity contribution in [3.05, 3.63) is 51.5 Å². The van der Waals surface area contributed by atoms with Gasteiger partial charge in [0.25, 0.3) is 5.91 Å². The Kier molecular flexibility index (Phi) is 6.21. The van der Waals surface area contributed by atoms with Crippen molar-refractivity contribution in [2.45, 2.75) is 39.7 Å². The summed E-state index contributed by atoms with van der Waals surface area (Å²) in [6.07, 6.45) is 6.91. The van der Waals surface area contributed by atoms with Gasteiger partial charge in [-0.1, -0.05) is 20.3 Å². The van der Waals surface area contributed by atoms with Gasteiger partial charge in [-0.25, -0.2) is 0 Å². The van der Waals surface area contributed by atoms with E-state index in [1.807, 2.05) is 17.3 Å². The van der Waals surface area contributed by atoms with Crippen molar-refractivity contribution in [1.29, 1.82) is 0 Å². The van der Waals surface area contributed by atoms with E-state index < -0.39 is 0 Å². The third-order valence-corrected chi connectivity index (χ3v) is 6.01. The highest BCUT2D eigenvalue weighted by molar-refractivity contribution is 7.14. The molecule has 4 nitrogen and oxygen atoms in total. The zero-order valence-electron chi connectivity index (χ0n) is 15.2. The van der Waals surface area contributed by atoms with E-state index in [0.29, 0.717) is 0 Å². The minimum Gasteiger partial charge on any atom is -0.335 e. The Morgan fingerprint density at radius 1 is 1.16 bits per heavy atom. The predicted octanol–water partition coefficient (Wildman–Crippen LogP) is 3.62. The first-order chi connectivity index (χ1) is 12.2. The molecule has 0 unspecified atom stereocenters. The van der Waals surface area contributed by atoms with Gasteiger partial charge in [0.1, 0.15) is 0 Å². The fourth-order valence-electron chi connectivity index (χ4n) is 3.32. The first-order valence-electron chi connectivity index (χ1n) is 9.23. The molecular weight excluding hydrogens is 330 g/mol. The standard InChI is InChI=1S/C20H27N3OS/c1-3-5-18-17(4-2)14-19(25-18)20(24)23-12-10-22(11-13-23)15-16-6-8-21-9-7-16/h6-9,14H,3-5,10-13,15H2,1-2H3. The number of nitrogens with zero attached hydrogens (tertiary/aromatic N) is 3. The maximum Gasteiger partial charge on any atom is 0.264 e. The molecule has 134 valence electrons. The SMILES string of the molecule is CCCc1sc(C(=O)N2CCN(Cc3ccncc3)CC2)cc1CC. The van der Waals surface area contributed by atoms with Crippen LogP contribution in [0, 0.1) is 0 Å². The molecule has 0 radical (unpaired) electrons. The van der Waals surface area contributed by atoms with Crippen LogP contribution in [0.15, 0.2) is 30.6 Å². The molecule has 1 aliphatic heterocycles. The molecule has 0 saturated carbocycles. The highest BCUT2D eigenvalue weighted by atomic mass is 32.1. The van der Waals surface area contributed by atoms with Gasteiger partial charge in [0.2, 0.25) is 0 Å². The second-order valence-electron chi connectivity index (χ2n) is 6.59. The molecule has 0 bridgehead atoms. The van der Waals surface area contributed by atoms with Crippen LogP contribution < -0.4 is 0 Å². The summed E-state index contributed by atoms with van der Waals surface area (Å²) in [6, 6.07) is 6.25. The molecule has 0 atom stereocenters. The molecule has 5 heteroatoms. The number of rotatable bonds is 6. The molecule has 1 saturated heterocycles. The Labute approximate surface area is 154 Å². The summed E-state index contributed by atoms with van der Waals surface area (Å²) < 4.78 is 0. The highest BCUT2D eigenvalue weighted by Crippen LogP contribution is 2.26. The summed E-state index contributed by atoms with van der Waals surface area (Å²) >= 11 is 1.70. The van der Waals surface area contributed by atoms with Gasteiger partial charge in [-0.3, -0.25) is 14.7 Å². The number of aromatic nitrogens is 1. The first kappa shape index (κ1) is 18.1. The summed E-state index contributed by atoms with van der Waals surface area (Å²) in [4.78, 5) is 23.7. The second-order valence-corrected chi connectivity index (χ2v) is 7.72. The quantitative estimate of drug-likeness (QED) is 0.792. The Morgan fingerprint density at radius 2 is 1.88 bits per heavy atom. The van der Waals surface area contributed by atoms with Crippen molar-refractivity contribution < 1.29 is 4.79 Å². The topological polar surface area (TPSA) is 36.4 Å². The minimum absolute atomic E-state index is 0.214. The molecule has 2 aromatic rings. The number of amides is 1. The van der Waals surface area contributed by atoms with Crippen LogP contribution in [0.2, 0.25) is 0 Å². The van der Waals surface area contributed by atoms with Gasteiger partial charge in [-0.05, 0) is 42.2 Å². The first-order valence-corrected chi connectivity index (χ1v) is 10.0. The summed E-state index contributed by atoms with van der Waals surface area (Å²) in [7, 11) is 0. The smallest absolute Gasteiger partial charge is 0.264 e. The van der Waals surface area contributed by atoms with Crippen molar-refractivity contribution in [3.63, 3.8) is 0 Å². The van der Waals surface area contributed by atoms with Crippen LogP contribution in [0.1, 0.15) is 45.9 Å². The summed E-state index contributed by atoms with van der Waals surface area (Å²) in [5, 5.41) is 0. The number of hydrogen-bond donors (Lipinski definition) is 0. The lowest BCUT2D eigenvalue weighted by Crippen LogP contribution is -2.48. The van der Waals surface area contributed by atoms with Gasteiger partial charge in [0.15, 0.2) is 0 Å². The zero-order chi connectivity index (χ0) is 17.6. The van der Waals surface area contributed by atoms with Gasteiger partial charge >= 0.3 is 0 Å². The van der Waals surface area contributed by atoms with Crippen molar-refractivity contribution >= 4 is 17.2 Å². The highest BCUT2D eigenvalue weighted by Gasteiger charge is 2.24. The summed E-state index contributed by atoms with van der Waals surface area (Å²) in [5.41, 5.74) is 2.64. The molecule has 0 spiro atoms. The number of hydrogen-bond acceptors (Lipinski definition) is 4. The van der Waals surface area contributed by atoms with Crippen LogP contribution in [-0.4, -0.2) is 46.9 Å². The van der Waals surface area contributed by atoms with E-state index in [0.717, 1.165) is 56.9 Å². The van der Waals surface area contributed by atoms with Gasteiger partial charge < -0.3 is 4.90 Å². The third-order valence-electron chi connectivity index (χ3n) is 4.78. The van der Waals surface area contributed by atoms with Gasteiger partial charge in [0.05, 0.1) is 4.88 Å². The number of piperazine rings is 1. The van der Waals surface area contributed by atoms with Crippen LogP contribution in [0.25, 0.3) is 0 Å². The lowest BCUT2D eigenvalue weighted by atomic mass is 10.1. The molecule has 3 heterocycles. The molecule has 25 heavy (non-hydrogen) atoms. The monoisotopic (exact) mass is 357 g/mol. The van der Waals surface area contributed by atoms with E-state index >= 15 is 0 Å². The maximum atomic E-state index is 12.9. The van der Waals surface area contributed by atoms with E-state index in [1.54, 1.807) is 11.3 Å². The van der Waals surface area contributed by atoms with Gasteiger partial charge in [0, 0.05) is 50.0 Å². The fraction of sp³-hybridized carbons (Fsp3) is 0.500. The second kappa shape index (κ2) is 8.59. The van der Waals surface area contributed by atoms with Crippen LogP contribution >= 0.6 is 11.3 Å². The van der Waals surface area contributed by atoms with Crippen LogP contribution in [0.5, 0.6) is 0 Å². The number of carbonyl (C=O) groups is 1. The van der Waals surface area contributed by atoms with Crippen molar-refractivity contribution in [2.75, 3.05) is 26.2 Å². The van der Waals surface area contributed by atoms with E-state index in [1.165, 1.54) is 16.0 Å². The largest absolute Gasteiger partial charge is 0.335 e. The van der Waals surface area contributed by atoms with Crippen LogP contribution in [0.3, 0.4) is 0 Å². The normalized spacial score (nSPS) is 15.5. The Hall–Kier alpha value is -1.72. The molecule has 1 aliphatic rings. The molecule has 1 amide bonds. The summed E-state index contributed by atoms with van der Waals surface area (Å²) in [6.45, 7) is 8.79. The Morgan fingerprint density at radius 3 is 2.52 bits per heavy atom. The van der Waals surface area contributed by atoms with Crippen molar-refractivity contribution in [1.82, 2.24) is 14.8 Å². The average molecular weight is 358 g/mol. The summed E-state index contributed by atoms with van der Waals surface area (Å²) in [5.74, 6) is 0.214. The minimum atomic E-state index is 0.214. The molecule has 1 fully saturated rings. The van der Waals surface area contributed by atoms with E-state index in [4.69, 9.17) is 0 Å². The average Bonchev–Trinajstić information content (AvgIpc) is 3.06. The zero-order valence-corrected chi connectivity index (χ0v) is 16.0. The predicted molar refractivity (Wildman–Crippen MR) is 103 cm³/mol. The van der Waals surface area contributed by atoms with E-state index in [2.05, 4.69) is 41.9 Å². The van der Waals surface area contributed by atoms with Gasteiger partial charge in [-0.15, -0.1) is 11.3 Å². The van der Waals surface area contributed by atoms with Crippen molar-refractivity contribution in [3.8, 4) is 0 Å². The molecular formula is C20H27N3OS. The maximum absolute atomic E-state index is 12.9. The van der Waals surface area contributed by atoms with E-state index in [-0.39, 0.29) is 5.91 Å². The van der Waals surface area contributed by atoms with Crippen molar-refractivity contribution in [2.24, 2.45) is 0 Å². The molecule has 0 aliphatic carbocycles. The Balaban J connectivity index is 1.58. The Bertz CT molecular complexity index is 690.